The zero-order valence-corrected chi connectivity index (χ0v) is 7.75. The molecule has 0 amide bonds. The van der Waals surface area contributed by atoms with Crippen molar-refractivity contribution in [3.63, 3.8) is 0 Å². The summed E-state index contributed by atoms with van der Waals surface area (Å²) in [5, 5.41) is 18.4. The van der Waals surface area contributed by atoms with Gasteiger partial charge in [0.25, 0.3) is 0 Å². The molecule has 0 aliphatic rings. The summed E-state index contributed by atoms with van der Waals surface area (Å²) in [6, 6.07) is 4.71. The van der Waals surface area contributed by atoms with E-state index in [-0.39, 0.29) is 11.3 Å². The highest BCUT2D eigenvalue weighted by Crippen LogP contribution is 2.31. The number of aromatic hydroxyl groups is 1. The molecule has 0 bridgehead atoms. The molecule has 0 heterocycles. The van der Waals surface area contributed by atoms with Gasteiger partial charge in [-0.15, -0.1) is 0 Å². The van der Waals surface area contributed by atoms with Crippen molar-refractivity contribution in [2.45, 2.75) is 6.10 Å². The molecular weight excluding hydrogens is 227 g/mol. The number of hydrogen-bond donors (Lipinski definition) is 2. The topological polar surface area (TPSA) is 40.5 Å². The third-order valence-corrected chi connectivity index (χ3v) is 2.16. The summed E-state index contributed by atoms with van der Waals surface area (Å²) >= 11 is 3.06. The number of rotatable bonds is 2. The summed E-state index contributed by atoms with van der Waals surface area (Å²) in [7, 11) is 0. The van der Waals surface area contributed by atoms with E-state index in [2.05, 4.69) is 15.9 Å². The van der Waals surface area contributed by atoms with Crippen LogP contribution < -0.4 is 0 Å². The highest BCUT2D eigenvalue weighted by atomic mass is 79.9. The van der Waals surface area contributed by atoms with Crippen molar-refractivity contribution in [1.29, 1.82) is 0 Å². The first-order chi connectivity index (χ1) is 5.66. The molecule has 0 aliphatic heterocycles. The van der Waals surface area contributed by atoms with Crippen LogP contribution in [0.5, 0.6) is 5.75 Å². The SMILES string of the molecule is Oc1c(Br)cccc1C(O)CF. The Hall–Kier alpha value is -0.610. The van der Waals surface area contributed by atoms with E-state index in [0.717, 1.165) is 0 Å². The van der Waals surface area contributed by atoms with Crippen molar-refractivity contribution in [3.05, 3.63) is 28.2 Å². The van der Waals surface area contributed by atoms with Crippen LogP contribution in [-0.4, -0.2) is 16.9 Å². The van der Waals surface area contributed by atoms with Gasteiger partial charge in [0.15, 0.2) is 0 Å². The van der Waals surface area contributed by atoms with Crippen molar-refractivity contribution in [1.82, 2.24) is 0 Å². The predicted octanol–water partition coefficient (Wildman–Crippen LogP) is 2.16. The highest BCUT2D eigenvalue weighted by molar-refractivity contribution is 9.10. The molecule has 0 saturated heterocycles. The maximum absolute atomic E-state index is 12.0. The molecule has 1 aromatic rings. The third-order valence-electron chi connectivity index (χ3n) is 1.52. The Morgan fingerprint density at radius 3 is 2.75 bits per heavy atom. The Morgan fingerprint density at radius 1 is 1.50 bits per heavy atom. The standard InChI is InChI=1S/C8H8BrFO2/c9-6-3-1-2-5(8(6)12)7(11)4-10/h1-3,7,11-12H,4H2. The van der Waals surface area contributed by atoms with E-state index in [4.69, 9.17) is 5.11 Å². The van der Waals surface area contributed by atoms with Crippen molar-refractivity contribution in [2.24, 2.45) is 0 Å². The average Bonchev–Trinajstić information content (AvgIpc) is 2.08. The fraction of sp³-hybridized carbons (Fsp3) is 0.250. The van der Waals surface area contributed by atoms with Gasteiger partial charge in [0.1, 0.15) is 18.5 Å². The molecule has 0 spiro atoms. The lowest BCUT2D eigenvalue weighted by Crippen LogP contribution is -1.99. The maximum atomic E-state index is 12.0. The second-order valence-corrected chi connectivity index (χ2v) is 3.20. The Balaban J connectivity index is 3.07. The molecule has 2 nitrogen and oxygen atoms in total. The summed E-state index contributed by atoms with van der Waals surface area (Å²) in [6.07, 6.45) is -1.25. The van der Waals surface area contributed by atoms with Gasteiger partial charge in [-0.3, -0.25) is 0 Å². The van der Waals surface area contributed by atoms with E-state index < -0.39 is 12.8 Å². The van der Waals surface area contributed by atoms with Crippen LogP contribution in [0.1, 0.15) is 11.7 Å². The van der Waals surface area contributed by atoms with Crippen LogP contribution in [0.2, 0.25) is 0 Å². The van der Waals surface area contributed by atoms with Gasteiger partial charge in [-0.25, -0.2) is 4.39 Å². The van der Waals surface area contributed by atoms with Gasteiger partial charge in [-0.1, -0.05) is 12.1 Å². The van der Waals surface area contributed by atoms with Crippen LogP contribution in [-0.2, 0) is 0 Å². The summed E-state index contributed by atoms with van der Waals surface area (Å²) < 4.78 is 12.5. The number of aliphatic hydroxyl groups is 1. The van der Waals surface area contributed by atoms with E-state index in [1.807, 2.05) is 0 Å². The van der Waals surface area contributed by atoms with Crippen LogP contribution in [0.15, 0.2) is 22.7 Å². The number of aliphatic hydroxyl groups excluding tert-OH is 1. The minimum atomic E-state index is -1.25. The van der Waals surface area contributed by atoms with Crippen LogP contribution in [0.4, 0.5) is 4.39 Å². The monoisotopic (exact) mass is 234 g/mol. The molecule has 66 valence electrons. The van der Waals surface area contributed by atoms with Crippen LogP contribution in [0.25, 0.3) is 0 Å². The third kappa shape index (κ3) is 1.76. The largest absolute Gasteiger partial charge is 0.506 e. The normalized spacial score (nSPS) is 12.9. The Morgan fingerprint density at radius 2 is 2.17 bits per heavy atom. The second kappa shape index (κ2) is 3.87. The molecule has 1 unspecified atom stereocenters. The van der Waals surface area contributed by atoms with Gasteiger partial charge in [0, 0.05) is 5.56 Å². The first-order valence-corrected chi connectivity index (χ1v) is 4.17. The summed E-state index contributed by atoms with van der Waals surface area (Å²) in [5.41, 5.74) is 0.201. The summed E-state index contributed by atoms with van der Waals surface area (Å²) in [5.74, 6) is -0.109. The lowest BCUT2D eigenvalue weighted by atomic mass is 10.1. The first kappa shape index (κ1) is 9.48. The van der Waals surface area contributed by atoms with Crippen molar-refractivity contribution >= 4 is 15.9 Å². The molecular formula is C8H8BrFO2. The fourth-order valence-electron chi connectivity index (χ4n) is 0.884. The Labute approximate surface area is 77.8 Å². The molecule has 2 N–H and O–H groups in total. The van der Waals surface area contributed by atoms with Crippen molar-refractivity contribution < 1.29 is 14.6 Å². The number of alkyl halides is 1. The van der Waals surface area contributed by atoms with Gasteiger partial charge in [0.05, 0.1) is 4.47 Å². The van der Waals surface area contributed by atoms with Gasteiger partial charge >= 0.3 is 0 Å². The number of phenolic OH excluding ortho intramolecular Hbond substituents is 1. The Kier molecular flexibility index (Phi) is 3.05. The van der Waals surface area contributed by atoms with Gasteiger partial charge < -0.3 is 10.2 Å². The lowest BCUT2D eigenvalue weighted by molar-refractivity contribution is 0.138. The molecule has 1 rings (SSSR count). The minimum Gasteiger partial charge on any atom is -0.506 e. The highest BCUT2D eigenvalue weighted by Gasteiger charge is 2.12. The van der Waals surface area contributed by atoms with E-state index in [0.29, 0.717) is 4.47 Å². The van der Waals surface area contributed by atoms with Gasteiger partial charge in [-0.2, -0.15) is 0 Å². The van der Waals surface area contributed by atoms with Gasteiger partial charge in [0.2, 0.25) is 0 Å². The molecule has 4 heteroatoms. The van der Waals surface area contributed by atoms with E-state index in [1.165, 1.54) is 6.07 Å². The molecule has 12 heavy (non-hydrogen) atoms. The number of benzene rings is 1. The minimum absolute atomic E-state index is 0.109. The van der Waals surface area contributed by atoms with E-state index >= 15 is 0 Å². The molecule has 0 radical (unpaired) electrons. The molecule has 1 atom stereocenters. The number of halogens is 2. The fourth-order valence-corrected chi connectivity index (χ4v) is 1.27. The van der Waals surface area contributed by atoms with Crippen LogP contribution in [0, 0.1) is 0 Å². The number of hydrogen-bond acceptors (Lipinski definition) is 2. The van der Waals surface area contributed by atoms with Crippen LogP contribution >= 0.6 is 15.9 Å². The summed E-state index contributed by atoms with van der Waals surface area (Å²) in [6.45, 7) is -0.899. The second-order valence-electron chi connectivity index (χ2n) is 2.35. The lowest BCUT2D eigenvalue weighted by Gasteiger charge is -2.09. The zero-order valence-electron chi connectivity index (χ0n) is 6.17. The maximum Gasteiger partial charge on any atom is 0.135 e. The predicted molar refractivity (Wildman–Crippen MR) is 46.7 cm³/mol. The van der Waals surface area contributed by atoms with Crippen molar-refractivity contribution in [2.75, 3.05) is 6.67 Å². The number of phenols is 1. The average molecular weight is 235 g/mol. The van der Waals surface area contributed by atoms with E-state index in [9.17, 15) is 9.50 Å². The zero-order chi connectivity index (χ0) is 9.14. The molecule has 0 saturated carbocycles. The van der Waals surface area contributed by atoms with Crippen LogP contribution in [0.3, 0.4) is 0 Å². The van der Waals surface area contributed by atoms with E-state index in [1.54, 1.807) is 12.1 Å². The molecule has 1 aromatic carbocycles. The molecule has 0 aliphatic carbocycles. The smallest absolute Gasteiger partial charge is 0.135 e. The van der Waals surface area contributed by atoms with Crippen molar-refractivity contribution in [3.8, 4) is 5.75 Å². The molecule has 0 aromatic heterocycles. The first-order valence-electron chi connectivity index (χ1n) is 3.38. The number of para-hydroxylation sites is 1. The molecule has 0 fully saturated rings. The van der Waals surface area contributed by atoms with Gasteiger partial charge in [-0.05, 0) is 22.0 Å². The summed E-state index contributed by atoms with van der Waals surface area (Å²) in [4.78, 5) is 0. The quantitative estimate of drug-likeness (QED) is 0.824. The Bertz CT molecular complexity index is 278.